The summed E-state index contributed by atoms with van der Waals surface area (Å²) in [7, 11) is 0. The topological polar surface area (TPSA) is 59.4 Å². The first-order valence-electron chi connectivity index (χ1n) is 8.18. The van der Waals surface area contributed by atoms with Crippen molar-refractivity contribution in [2.75, 3.05) is 19.6 Å². The Morgan fingerprint density at radius 1 is 1.41 bits per heavy atom. The number of ether oxygens (including phenoxy) is 1. The zero-order chi connectivity index (χ0) is 15.7. The van der Waals surface area contributed by atoms with E-state index in [1.54, 1.807) is 4.90 Å². The fraction of sp³-hybridized carbons (Fsp3) is 0.750. The Bertz CT molecular complexity index is 528. The van der Waals surface area contributed by atoms with Crippen LogP contribution in [0.5, 0.6) is 0 Å². The molecule has 2 atom stereocenters. The number of nitrogens with zero attached hydrogens (tertiary/aromatic N) is 3. The van der Waals surface area contributed by atoms with E-state index in [0.29, 0.717) is 5.92 Å². The third kappa shape index (κ3) is 3.27. The van der Waals surface area contributed by atoms with E-state index in [4.69, 9.17) is 4.74 Å². The van der Waals surface area contributed by atoms with Gasteiger partial charge < -0.3 is 10.1 Å². The molecule has 0 spiro atoms. The van der Waals surface area contributed by atoms with E-state index in [9.17, 15) is 4.79 Å². The van der Waals surface area contributed by atoms with Gasteiger partial charge in [0.15, 0.2) is 0 Å². The van der Waals surface area contributed by atoms with Crippen molar-refractivity contribution in [2.45, 2.75) is 57.7 Å². The summed E-state index contributed by atoms with van der Waals surface area (Å²) in [4.78, 5) is 14.2. The first-order valence-corrected chi connectivity index (χ1v) is 8.18. The van der Waals surface area contributed by atoms with Crippen molar-refractivity contribution in [1.82, 2.24) is 20.0 Å². The number of carbonyl (C=O) groups is 1. The Kier molecular flexibility index (Phi) is 4.12. The minimum Gasteiger partial charge on any atom is -0.444 e. The molecule has 22 heavy (non-hydrogen) atoms. The van der Waals surface area contributed by atoms with Crippen molar-refractivity contribution in [1.29, 1.82) is 0 Å². The van der Waals surface area contributed by atoms with Crippen LogP contribution in [0.1, 0.15) is 57.7 Å². The third-order valence-electron chi connectivity index (χ3n) is 4.31. The van der Waals surface area contributed by atoms with E-state index in [1.807, 2.05) is 31.6 Å². The summed E-state index contributed by atoms with van der Waals surface area (Å²) in [5, 5.41) is 7.89. The minimum atomic E-state index is -0.463. The maximum Gasteiger partial charge on any atom is 0.411 e. The molecule has 2 aliphatic rings. The number of carbonyl (C=O) groups excluding carboxylic acids is 1. The second kappa shape index (κ2) is 5.91. The van der Waals surface area contributed by atoms with Gasteiger partial charge in [-0.1, -0.05) is 0 Å². The first-order chi connectivity index (χ1) is 10.4. The third-order valence-corrected chi connectivity index (χ3v) is 4.31. The Hall–Kier alpha value is -1.56. The highest BCUT2D eigenvalue weighted by molar-refractivity contribution is 5.68. The zero-order valence-corrected chi connectivity index (χ0v) is 13.7. The molecule has 1 amide bonds. The summed E-state index contributed by atoms with van der Waals surface area (Å²) in [5.41, 5.74) is 0.802. The van der Waals surface area contributed by atoms with E-state index >= 15 is 0 Å². The van der Waals surface area contributed by atoms with Gasteiger partial charge >= 0.3 is 6.09 Å². The van der Waals surface area contributed by atoms with Gasteiger partial charge in [-0.2, -0.15) is 5.10 Å². The van der Waals surface area contributed by atoms with E-state index < -0.39 is 5.60 Å². The molecule has 0 saturated carbocycles. The summed E-state index contributed by atoms with van der Waals surface area (Å²) >= 11 is 0. The summed E-state index contributed by atoms with van der Waals surface area (Å²) in [6.07, 6.45) is 6.88. The fourth-order valence-corrected chi connectivity index (χ4v) is 3.22. The lowest BCUT2D eigenvalue weighted by atomic mass is 10.0. The summed E-state index contributed by atoms with van der Waals surface area (Å²) in [5.74, 6) is 0.546. The van der Waals surface area contributed by atoms with Crippen molar-refractivity contribution < 1.29 is 9.53 Å². The molecule has 2 fully saturated rings. The monoisotopic (exact) mass is 306 g/mol. The summed E-state index contributed by atoms with van der Waals surface area (Å²) in [6, 6.07) is 0. The summed E-state index contributed by atoms with van der Waals surface area (Å²) in [6.45, 7) is 8.52. The van der Waals surface area contributed by atoms with E-state index in [-0.39, 0.29) is 12.3 Å². The minimum absolute atomic E-state index is 0.0158. The van der Waals surface area contributed by atoms with Crippen LogP contribution in [-0.2, 0) is 4.74 Å². The molecule has 1 aromatic rings. The Morgan fingerprint density at radius 3 is 2.91 bits per heavy atom. The van der Waals surface area contributed by atoms with Crippen molar-refractivity contribution in [2.24, 2.45) is 0 Å². The number of rotatable bonds is 2. The molecule has 3 rings (SSSR count). The molecule has 0 bridgehead atoms. The van der Waals surface area contributed by atoms with Gasteiger partial charge in [0.05, 0.1) is 6.20 Å². The predicted octanol–water partition coefficient (Wildman–Crippen LogP) is 2.49. The normalized spacial score (nSPS) is 25.7. The lowest BCUT2D eigenvalue weighted by molar-refractivity contribution is 0.0149. The van der Waals surface area contributed by atoms with Crippen LogP contribution in [0.4, 0.5) is 4.79 Å². The average Bonchev–Trinajstić information content (AvgIpc) is 3.17. The Balaban J connectivity index is 1.71. The van der Waals surface area contributed by atoms with Crippen LogP contribution in [0.3, 0.4) is 0 Å². The Morgan fingerprint density at radius 2 is 2.23 bits per heavy atom. The maximum atomic E-state index is 12.4. The first kappa shape index (κ1) is 15.3. The standard InChI is InChI=1S/C16H26N4O2/c1-16(2,3)22-15(21)19-8-4-5-14(19)20-11-13(10-18-20)12-6-7-17-9-12/h10-12,14,17H,4-9H2,1-3H3. The Labute approximate surface area is 131 Å². The quantitative estimate of drug-likeness (QED) is 0.912. The van der Waals surface area contributed by atoms with Gasteiger partial charge in [-0.05, 0) is 52.1 Å². The molecule has 2 unspecified atom stereocenters. The second-order valence-electron chi connectivity index (χ2n) is 7.24. The maximum absolute atomic E-state index is 12.4. The van der Waals surface area contributed by atoms with Gasteiger partial charge in [0.2, 0.25) is 0 Å². The average molecular weight is 306 g/mol. The highest BCUT2D eigenvalue weighted by Gasteiger charge is 2.34. The molecule has 2 saturated heterocycles. The number of amides is 1. The number of hydrogen-bond donors (Lipinski definition) is 1. The molecular weight excluding hydrogens is 280 g/mol. The van der Waals surface area contributed by atoms with Gasteiger partial charge in [-0.15, -0.1) is 0 Å². The number of aromatic nitrogens is 2. The molecule has 0 radical (unpaired) electrons. The van der Waals surface area contributed by atoms with Gasteiger partial charge in [-0.25, -0.2) is 9.48 Å². The van der Waals surface area contributed by atoms with E-state index in [2.05, 4.69) is 16.6 Å². The molecule has 3 heterocycles. The van der Waals surface area contributed by atoms with Crippen molar-refractivity contribution >= 4 is 6.09 Å². The molecule has 6 heteroatoms. The highest BCUT2D eigenvalue weighted by Crippen LogP contribution is 2.30. The molecule has 1 N–H and O–H groups in total. The fourth-order valence-electron chi connectivity index (χ4n) is 3.22. The lowest BCUT2D eigenvalue weighted by Gasteiger charge is -2.28. The van der Waals surface area contributed by atoms with Gasteiger partial charge in [-0.3, -0.25) is 4.90 Å². The number of likely N-dealkylation sites (tertiary alicyclic amines) is 1. The van der Waals surface area contributed by atoms with Crippen molar-refractivity contribution in [3.05, 3.63) is 18.0 Å². The molecule has 2 aliphatic heterocycles. The molecule has 1 aromatic heterocycles. The predicted molar refractivity (Wildman–Crippen MR) is 83.7 cm³/mol. The van der Waals surface area contributed by atoms with Crippen LogP contribution in [0.15, 0.2) is 12.4 Å². The SMILES string of the molecule is CC(C)(C)OC(=O)N1CCCC1n1cc(C2CCNC2)cn1. The highest BCUT2D eigenvalue weighted by atomic mass is 16.6. The lowest BCUT2D eigenvalue weighted by Crippen LogP contribution is -2.38. The van der Waals surface area contributed by atoms with Crippen LogP contribution in [0.2, 0.25) is 0 Å². The van der Waals surface area contributed by atoms with E-state index in [0.717, 1.165) is 38.9 Å². The zero-order valence-electron chi connectivity index (χ0n) is 13.7. The molecule has 0 aromatic carbocycles. The second-order valence-corrected chi connectivity index (χ2v) is 7.24. The number of hydrogen-bond acceptors (Lipinski definition) is 4. The van der Waals surface area contributed by atoms with Crippen molar-refractivity contribution in [3.63, 3.8) is 0 Å². The molecule has 122 valence electrons. The van der Waals surface area contributed by atoms with Crippen LogP contribution >= 0.6 is 0 Å². The summed E-state index contributed by atoms with van der Waals surface area (Å²) < 4.78 is 7.45. The smallest absolute Gasteiger partial charge is 0.411 e. The molecular formula is C16H26N4O2. The van der Waals surface area contributed by atoms with Crippen LogP contribution < -0.4 is 5.32 Å². The number of nitrogens with one attached hydrogen (secondary N) is 1. The largest absolute Gasteiger partial charge is 0.444 e. The molecule has 0 aliphatic carbocycles. The van der Waals surface area contributed by atoms with Crippen molar-refractivity contribution in [3.8, 4) is 0 Å². The van der Waals surface area contributed by atoms with E-state index in [1.165, 1.54) is 5.56 Å². The van der Waals surface area contributed by atoms with Gasteiger partial charge in [0, 0.05) is 25.2 Å². The van der Waals surface area contributed by atoms with Crippen LogP contribution in [0, 0.1) is 0 Å². The van der Waals surface area contributed by atoms with Crippen LogP contribution in [0.25, 0.3) is 0 Å². The molecule has 6 nitrogen and oxygen atoms in total. The van der Waals surface area contributed by atoms with Crippen LogP contribution in [-0.4, -0.2) is 46.0 Å². The van der Waals surface area contributed by atoms with Gasteiger partial charge in [0.25, 0.3) is 0 Å². The van der Waals surface area contributed by atoms with Gasteiger partial charge in [0.1, 0.15) is 11.8 Å².